The van der Waals surface area contributed by atoms with Crippen LogP contribution < -0.4 is 0 Å². The number of rotatable bonds is 0. The van der Waals surface area contributed by atoms with E-state index in [1.807, 2.05) is 0 Å². The third-order valence-electron chi connectivity index (χ3n) is 0. The Bertz CT molecular complexity index is 15.5. The van der Waals surface area contributed by atoms with Crippen molar-refractivity contribution >= 4 is 0 Å². The Balaban J connectivity index is -0.0000000225. The molecular formula is AgCoMnO3. The Hall–Kier alpha value is 1.17. The van der Waals surface area contributed by atoms with Crippen molar-refractivity contribution < 1.29 is 63.6 Å². The predicted octanol–water partition coefficient (Wildman–Crippen LogP) is -0.364. The van der Waals surface area contributed by atoms with E-state index in [1.165, 1.54) is 0 Å². The predicted molar refractivity (Wildman–Crippen MR) is 2.06 cm³/mol. The van der Waals surface area contributed by atoms with Crippen molar-refractivity contribution in [2.24, 2.45) is 0 Å². The van der Waals surface area contributed by atoms with Crippen molar-refractivity contribution in [2.45, 2.75) is 0 Å². The molecule has 0 rings (SSSR count). The van der Waals surface area contributed by atoms with Crippen LogP contribution in [-0.2, 0) is 63.6 Å². The van der Waals surface area contributed by atoms with E-state index < -0.39 is 0 Å². The fourth-order valence-electron chi connectivity index (χ4n) is 0. The van der Waals surface area contributed by atoms with Crippen molar-refractivity contribution in [1.82, 2.24) is 0 Å². The molecule has 0 saturated heterocycles. The van der Waals surface area contributed by atoms with Gasteiger partial charge in [0, 0.05) is 0 Å². The molecule has 0 spiro atoms. The van der Waals surface area contributed by atoms with Crippen molar-refractivity contribution in [2.75, 3.05) is 0 Å². The molecule has 0 fully saturated rings. The fourth-order valence-corrected chi connectivity index (χ4v) is 0. The molecule has 3 nitrogen and oxygen atoms in total. The van der Waals surface area contributed by atoms with E-state index in [1.54, 1.807) is 37.0 Å². The maximum absolute atomic E-state index is 8.06. The Morgan fingerprint density at radius 2 is 1.17 bits per heavy atom. The van der Waals surface area contributed by atoms with E-state index >= 15 is 0 Å². The van der Waals surface area contributed by atoms with E-state index in [0.717, 1.165) is 0 Å². The quantitative estimate of drug-likeness (QED) is 0.564. The van der Waals surface area contributed by atoms with Crippen molar-refractivity contribution in [3.63, 3.8) is 0 Å². The second-order valence-electron chi connectivity index (χ2n) is 0. The summed E-state index contributed by atoms with van der Waals surface area (Å²) in [6.45, 7) is 0. The van der Waals surface area contributed by atoms with Crippen LogP contribution in [0.5, 0.6) is 0 Å². The van der Waals surface area contributed by atoms with Crippen LogP contribution in [0.15, 0.2) is 0 Å². The second-order valence-corrected chi connectivity index (χ2v) is 0. The van der Waals surface area contributed by atoms with Gasteiger partial charge in [-0.2, -0.15) is 0 Å². The molecule has 0 heterocycles. The molecule has 0 amide bonds. The first-order valence-electron chi connectivity index (χ1n) is 0.413. The van der Waals surface area contributed by atoms with Crippen molar-refractivity contribution in [3.05, 3.63) is 0 Å². The minimum atomic E-state index is 1.69. The molecule has 6 heteroatoms. The van der Waals surface area contributed by atoms with Gasteiger partial charge in [0.15, 0.2) is 0 Å². The molecule has 45 valence electrons. The molecule has 0 unspecified atom stereocenters. The van der Waals surface area contributed by atoms with Gasteiger partial charge in [0.25, 0.3) is 0 Å². The summed E-state index contributed by atoms with van der Waals surface area (Å²) in [5.41, 5.74) is 0. The molecule has 0 bridgehead atoms. The molecule has 0 aromatic carbocycles. The second kappa shape index (κ2) is 121. The third kappa shape index (κ3) is 65.9. The maximum atomic E-state index is 8.06. The van der Waals surface area contributed by atoms with Crippen LogP contribution in [0.25, 0.3) is 0 Å². The normalized spacial score (nSPS) is 2.50. The van der Waals surface area contributed by atoms with E-state index in [9.17, 15) is 0 Å². The standard InChI is InChI=1S/Ag.Co.Mn.3O. The third-order valence-corrected chi connectivity index (χ3v) is 0. The number of hydrogen-bond acceptors (Lipinski definition) is 3. The molecule has 6 heavy (non-hydrogen) atoms. The summed E-state index contributed by atoms with van der Waals surface area (Å²) in [5.74, 6) is 0. The Labute approximate surface area is 63.3 Å². The molecule has 0 aromatic heterocycles. The van der Waals surface area contributed by atoms with E-state index in [2.05, 4.69) is 15.7 Å². The number of hydrogen-bond donors (Lipinski definition) is 0. The zero-order valence-corrected chi connectivity index (χ0v) is 5.94. The average molecular weight is 270 g/mol. The molecule has 0 radical (unpaired) electrons. The van der Waals surface area contributed by atoms with Gasteiger partial charge in [-0.25, -0.2) is 0 Å². The molecule has 0 aliphatic heterocycles. The van der Waals surface area contributed by atoms with Crippen LogP contribution in [0.4, 0.5) is 0 Å². The summed E-state index contributed by atoms with van der Waals surface area (Å²) >= 11 is 5.70. The summed E-state index contributed by atoms with van der Waals surface area (Å²) in [6, 6.07) is 0. The summed E-state index contributed by atoms with van der Waals surface area (Å²) < 4.78 is 24.1. The minimum absolute atomic E-state index is 1.69. The SMILES string of the molecule is [O]=[Ag].[O]=[Co].[O]=[Mn]. The van der Waals surface area contributed by atoms with Crippen molar-refractivity contribution in [3.8, 4) is 0 Å². The Morgan fingerprint density at radius 1 is 1.17 bits per heavy atom. The fraction of sp³-hybridized carbons (Fsp3) is 0. The summed E-state index contributed by atoms with van der Waals surface area (Å²) in [5, 5.41) is 0. The Morgan fingerprint density at radius 3 is 1.17 bits per heavy atom. The average Bonchev–Trinajstić information content (AvgIpc) is 1.81. The first-order valence-corrected chi connectivity index (χ1v) is 1.93. The molecule has 0 aliphatic rings. The van der Waals surface area contributed by atoms with Gasteiger partial charge in [-0.15, -0.1) is 0 Å². The van der Waals surface area contributed by atoms with Gasteiger partial charge >= 0.3 is 63.6 Å². The zero-order chi connectivity index (χ0) is 6.00. The first-order chi connectivity index (χ1) is 3.00. The van der Waals surface area contributed by atoms with Gasteiger partial charge in [0.1, 0.15) is 0 Å². The summed E-state index contributed by atoms with van der Waals surface area (Å²) in [7, 11) is 0. The molecule has 0 atom stereocenters. The van der Waals surface area contributed by atoms with Gasteiger partial charge in [-0.3, -0.25) is 0 Å². The monoisotopic (exact) mass is 269 g/mol. The van der Waals surface area contributed by atoms with Gasteiger partial charge in [0.2, 0.25) is 0 Å². The van der Waals surface area contributed by atoms with Gasteiger partial charge in [-0.05, 0) is 0 Å². The molecule has 0 aromatic rings. The Kier molecular flexibility index (Phi) is 317. The zero-order valence-electron chi connectivity index (χ0n) is 2.24. The van der Waals surface area contributed by atoms with E-state index in [0.29, 0.717) is 0 Å². The topological polar surface area (TPSA) is 51.2 Å². The summed E-state index contributed by atoms with van der Waals surface area (Å²) in [6.07, 6.45) is 0. The van der Waals surface area contributed by atoms with Crippen LogP contribution in [-0.4, -0.2) is 0 Å². The van der Waals surface area contributed by atoms with Gasteiger partial charge < -0.3 is 0 Å². The van der Waals surface area contributed by atoms with Crippen LogP contribution in [0, 0.1) is 0 Å². The van der Waals surface area contributed by atoms with E-state index in [4.69, 9.17) is 11.0 Å². The molecule has 0 aliphatic carbocycles. The van der Waals surface area contributed by atoms with E-state index in [-0.39, 0.29) is 0 Å². The van der Waals surface area contributed by atoms with Crippen LogP contribution in [0.3, 0.4) is 0 Å². The van der Waals surface area contributed by atoms with Crippen LogP contribution >= 0.6 is 0 Å². The molecular weight excluding hydrogens is 270 g/mol. The van der Waals surface area contributed by atoms with Gasteiger partial charge in [0.05, 0.1) is 0 Å². The van der Waals surface area contributed by atoms with Crippen molar-refractivity contribution in [1.29, 1.82) is 0 Å². The molecule has 0 N–H and O–H groups in total. The molecule has 0 saturated carbocycles. The first kappa shape index (κ1) is 15.7. The summed E-state index contributed by atoms with van der Waals surface area (Å²) in [4.78, 5) is 0. The van der Waals surface area contributed by atoms with Gasteiger partial charge in [-0.1, -0.05) is 0 Å². The van der Waals surface area contributed by atoms with Crippen LogP contribution in [0.2, 0.25) is 0 Å². The van der Waals surface area contributed by atoms with Crippen LogP contribution in [0.1, 0.15) is 0 Å².